The second-order valence-corrected chi connectivity index (χ2v) is 8.23. The molecule has 0 amide bonds. The number of aromatic nitrogens is 1. The Morgan fingerprint density at radius 3 is 2.81 bits per heavy atom. The molecule has 2 atom stereocenters. The molecule has 8 heteroatoms. The lowest BCUT2D eigenvalue weighted by atomic mass is 9.88. The highest BCUT2D eigenvalue weighted by Crippen LogP contribution is 2.34. The maximum atomic E-state index is 13.5. The molecule has 2 aliphatic rings. The summed E-state index contributed by atoms with van der Waals surface area (Å²) in [7, 11) is 0. The second kappa shape index (κ2) is 7.74. The minimum absolute atomic E-state index is 0.268. The van der Waals surface area contributed by atoms with Crippen molar-refractivity contribution in [2.24, 2.45) is 0 Å². The molecule has 0 bridgehead atoms. The number of aliphatic hydroxyl groups excluding tert-OH is 1. The molecule has 0 radical (unpaired) electrons. The molecule has 1 aliphatic carbocycles. The van der Waals surface area contributed by atoms with Crippen LogP contribution in [0.4, 0.5) is 10.2 Å². The van der Waals surface area contributed by atoms with E-state index in [2.05, 4.69) is 31.1 Å². The zero-order valence-corrected chi connectivity index (χ0v) is 16.5. The van der Waals surface area contributed by atoms with Crippen molar-refractivity contribution in [3.63, 3.8) is 0 Å². The van der Waals surface area contributed by atoms with Crippen LogP contribution in [-0.2, 0) is 0 Å². The van der Waals surface area contributed by atoms with E-state index in [1.807, 2.05) is 6.07 Å². The topological polar surface area (TPSA) is 85.3 Å². The molecular formula is C19H22BrFN4O2. The second-order valence-electron chi connectivity index (χ2n) is 7.44. The number of halogens is 2. The highest BCUT2D eigenvalue weighted by molar-refractivity contribution is 9.10. The summed E-state index contributed by atoms with van der Waals surface area (Å²) < 4.78 is 19.7. The zero-order chi connectivity index (χ0) is 19.0. The molecule has 1 saturated carbocycles. The van der Waals surface area contributed by atoms with Crippen LogP contribution in [0.15, 0.2) is 21.2 Å². The summed E-state index contributed by atoms with van der Waals surface area (Å²) in [4.78, 5) is 6.67. The first kappa shape index (κ1) is 18.7. The van der Waals surface area contributed by atoms with Gasteiger partial charge in [-0.2, -0.15) is 5.26 Å². The Kier molecular flexibility index (Phi) is 5.35. The zero-order valence-electron chi connectivity index (χ0n) is 14.9. The van der Waals surface area contributed by atoms with Gasteiger partial charge in [-0.3, -0.25) is 4.90 Å². The van der Waals surface area contributed by atoms with E-state index in [0.717, 1.165) is 47.9 Å². The number of alkyl halides is 1. The third-order valence-electron chi connectivity index (χ3n) is 5.71. The van der Waals surface area contributed by atoms with Crippen LogP contribution in [0.2, 0.25) is 0 Å². The molecule has 144 valence electrons. The fraction of sp³-hybridized carbons (Fsp3) is 0.579. The number of fused-ring (bicyclic) bond motifs is 1. The largest absolute Gasteiger partial charge is 0.444 e. The van der Waals surface area contributed by atoms with Gasteiger partial charge in [0, 0.05) is 36.6 Å². The van der Waals surface area contributed by atoms with Crippen molar-refractivity contribution in [2.75, 3.05) is 18.4 Å². The van der Waals surface area contributed by atoms with Crippen LogP contribution in [0.1, 0.15) is 37.9 Å². The van der Waals surface area contributed by atoms with Gasteiger partial charge in [0.15, 0.2) is 5.58 Å². The van der Waals surface area contributed by atoms with Gasteiger partial charge >= 0.3 is 0 Å². The van der Waals surface area contributed by atoms with Crippen LogP contribution in [0.5, 0.6) is 0 Å². The Labute approximate surface area is 165 Å². The van der Waals surface area contributed by atoms with E-state index in [0.29, 0.717) is 30.6 Å². The van der Waals surface area contributed by atoms with E-state index >= 15 is 0 Å². The van der Waals surface area contributed by atoms with Gasteiger partial charge in [-0.1, -0.05) is 0 Å². The van der Waals surface area contributed by atoms with E-state index in [-0.39, 0.29) is 5.76 Å². The lowest BCUT2D eigenvalue weighted by molar-refractivity contribution is -0.0178. The van der Waals surface area contributed by atoms with Crippen molar-refractivity contribution < 1.29 is 13.9 Å². The van der Waals surface area contributed by atoms with Crippen molar-refractivity contribution >= 4 is 32.7 Å². The number of pyridine rings is 1. The summed E-state index contributed by atoms with van der Waals surface area (Å²) in [5, 5.41) is 23.1. The molecule has 0 unspecified atom stereocenters. The maximum Gasteiger partial charge on any atom is 0.204 e. The van der Waals surface area contributed by atoms with E-state index in [9.17, 15) is 9.50 Å². The first-order valence-electron chi connectivity index (χ1n) is 9.36. The van der Waals surface area contributed by atoms with Crippen LogP contribution in [0.25, 0.3) is 11.0 Å². The number of hydrogen-bond donors (Lipinski definition) is 2. The van der Waals surface area contributed by atoms with E-state index in [4.69, 9.17) is 9.68 Å². The van der Waals surface area contributed by atoms with Crippen LogP contribution in [0, 0.1) is 11.3 Å². The van der Waals surface area contributed by atoms with Gasteiger partial charge in [0.25, 0.3) is 0 Å². The predicted octanol–water partition coefficient (Wildman–Crippen LogP) is 3.59. The molecule has 2 aromatic rings. The normalized spacial score (nSPS) is 29.6. The molecule has 0 spiro atoms. The first-order chi connectivity index (χ1) is 13.0. The van der Waals surface area contributed by atoms with Crippen LogP contribution in [0.3, 0.4) is 0 Å². The predicted molar refractivity (Wildman–Crippen MR) is 103 cm³/mol. The van der Waals surface area contributed by atoms with Crippen molar-refractivity contribution in [1.82, 2.24) is 9.88 Å². The fourth-order valence-electron chi connectivity index (χ4n) is 4.17. The van der Waals surface area contributed by atoms with Crippen molar-refractivity contribution in [2.45, 2.75) is 56.5 Å². The Morgan fingerprint density at radius 2 is 2.11 bits per heavy atom. The summed E-state index contributed by atoms with van der Waals surface area (Å²) in [5.41, 5.74) is 0.586. The average molecular weight is 437 g/mol. The van der Waals surface area contributed by atoms with Crippen LogP contribution >= 0.6 is 15.9 Å². The molecule has 27 heavy (non-hydrogen) atoms. The lowest BCUT2D eigenvalue weighted by Crippen LogP contribution is -2.50. The average Bonchev–Trinajstić information content (AvgIpc) is 3.11. The Hall–Kier alpha value is -1.69. The molecule has 2 N–H and O–H groups in total. The standard InChI is InChI=1S/C19H22BrFN4O2/c20-18-14-7-13(8-22)27-17(14)9-23-19(18)24-11-1-3-12(4-2-11)25-6-5-15(21)16(26)10-25/h7,9,11-12,15-16,26H,1-6,10H2,(H,23,24)/t11?,12?,15-,16-/m0/s1. The van der Waals surface area contributed by atoms with Gasteiger partial charge in [0.1, 0.15) is 18.1 Å². The van der Waals surface area contributed by atoms with Crippen molar-refractivity contribution in [3.8, 4) is 6.07 Å². The minimum Gasteiger partial charge on any atom is -0.444 e. The molecule has 1 aliphatic heterocycles. The van der Waals surface area contributed by atoms with Gasteiger partial charge < -0.3 is 14.8 Å². The van der Waals surface area contributed by atoms with Crippen molar-refractivity contribution in [3.05, 3.63) is 22.5 Å². The van der Waals surface area contributed by atoms with E-state index in [1.54, 1.807) is 12.3 Å². The monoisotopic (exact) mass is 436 g/mol. The van der Waals surface area contributed by atoms with Gasteiger partial charge in [-0.05, 0) is 48.0 Å². The van der Waals surface area contributed by atoms with E-state index in [1.165, 1.54) is 0 Å². The van der Waals surface area contributed by atoms with E-state index < -0.39 is 12.3 Å². The Bertz CT molecular complexity index is 859. The van der Waals surface area contributed by atoms with Crippen molar-refractivity contribution in [1.29, 1.82) is 5.26 Å². The summed E-state index contributed by atoms with van der Waals surface area (Å²) >= 11 is 3.57. The first-order valence-corrected chi connectivity index (χ1v) is 10.2. The summed E-state index contributed by atoms with van der Waals surface area (Å²) in [5.74, 6) is 1.02. The number of furan rings is 1. The number of piperidine rings is 1. The lowest BCUT2D eigenvalue weighted by Gasteiger charge is -2.41. The third-order valence-corrected chi connectivity index (χ3v) is 6.51. The molecule has 2 fully saturated rings. The smallest absolute Gasteiger partial charge is 0.204 e. The Balaban J connectivity index is 1.37. The molecular weight excluding hydrogens is 415 g/mol. The fourth-order valence-corrected chi connectivity index (χ4v) is 4.70. The highest BCUT2D eigenvalue weighted by Gasteiger charge is 2.33. The number of nitrogens with zero attached hydrogens (tertiary/aromatic N) is 3. The Morgan fingerprint density at radius 1 is 1.33 bits per heavy atom. The third kappa shape index (κ3) is 3.82. The van der Waals surface area contributed by atoms with Gasteiger partial charge in [0.2, 0.25) is 5.76 Å². The summed E-state index contributed by atoms with van der Waals surface area (Å²) in [6.07, 6.45) is 4.16. The SMILES string of the molecule is N#Cc1cc2c(Br)c(NC3CCC(N4CC[C@H](F)[C@@H](O)C4)CC3)ncc2o1. The van der Waals surface area contributed by atoms with Gasteiger partial charge in [-0.25, -0.2) is 9.37 Å². The molecule has 0 aromatic carbocycles. The summed E-state index contributed by atoms with van der Waals surface area (Å²) in [6, 6.07) is 4.44. The number of likely N-dealkylation sites (tertiary alicyclic amines) is 1. The molecule has 4 rings (SSSR count). The number of anilines is 1. The quantitative estimate of drug-likeness (QED) is 0.764. The van der Waals surface area contributed by atoms with Crippen LogP contribution in [-0.4, -0.2) is 52.4 Å². The molecule has 6 nitrogen and oxygen atoms in total. The van der Waals surface area contributed by atoms with Gasteiger partial charge in [0.05, 0.1) is 16.8 Å². The summed E-state index contributed by atoms with van der Waals surface area (Å²) in [6.45, 7) is 1.17. The number of β-amino-alcohol motifs (C(OH)–C–C–N with tert-alkyl or cyclic N) is 1. The van der Waals surface area contributed by atoms with Gasteiger partial charge in [-0.15, -0.1) is 0 Å². The number of nitriles is 1. The molecule has 2 aromatic heterocycles. The number of aliphatic hydroxyl groups is 1. The molecule has 1 saturated heterocycles. The number of hydrogen-bond acceptors (Lipinski definition) is 6. The number of nitrogens with one attached hydrogen (secondary N) is 1. The maximum absolute atomic E-state index is 13.5. The van der Waals surface area contributed by atoms with Crippen LogP contribution < -0.4 is 5.32 Å². The highest BCUT2D eigenvalue weighted by atomic mass is 79.9. The molecule has 3 heterocycles. The minimum atomic E-state index is -1.08. The number of rotatable bonds is 3.